The molecule has 0 unspecified atom stereocenters. The zero-order valence-corrected chi connectivity index (χ0v) is 13.8. The molecule has 0 aliphatic rings. The largest absolute Gasteiger partial charge is 0.480 e. The lowest BCUT2D eigenvalue weighted by Gasteiger charge is -2.12. The number of nitrogens with one attached hydrogen (secondary N) is 1. The molecule has 1 N–H and O–H groups in total. The van der Waals surface area contributed by atoms with Crippen LogP contribution in [0.15, 0.2) is 41.1 Å². The van der Waals surface area contributed by atoms with Gasteiger partial charge in [-0.1, -0.05) is 16.8 Å². The van der Waals surface area contributed by atoms with Crippen molar-refractivity contribution in [3.05, 3.63) is 53.0 Å². The van der Waals surface area contributed by atoms with Crippen LogP contribution in [0.25, 0.3) is 11.1 Å². The average molecular weight is 330 g/mol. The highest BCUT2D eigenvalue weighted by Crippen LogP contribution is 2.33. The van der Waals surface area contributed by atoms with E-state index in [2.05, 4.69) is 15.5 Å². The third-order valence-corrected chi connectivity index (χ3v) is 3.74. The van der Waals surface area contributed by atoms with Gasteiger partial charge in [0.2, 0.25) is 5.88 Å². The maximum absolute atomic E-state index is 5.92. The van der Waals surface area contributed by atoms with Crippen LogP contribution >= 0.6 is 11.6 Å². The van der Waals surface area contributed by atoms with Gasteiger partial charge in [-0.15, -0.1) is 0 Å². The molecular weight excluding hydrogens is 314 g/mol. The topological polar surface area (TPSA) is 60.2 Å². The number of hydrogen-bond acceptors (Lipinski definition) is 5. The molecule has 0 aliphatic carbocycles. The lowest BCUT2D eigenvalue weighted by molar-refractivity contribution is 0.393. The van der Waals surface area contributed by atoms with Crippen molar-refractivity contribution in [2.75, 3.05) is 12.4 Å². The zero-order chi connectivity index (χ0) is 16.4. The molecule has 0 saturated heterocycles. The van der Waals surface area contributed by atoms with E-state index in [4.69, 9.17) is 20.9 Å². The average Bonchev–Trinajstić information content (AvgIpc) is 2.88. The van der Waals surface area contributed by atoms with Gasteiger partial charge in [0.25, 0.3) is 0 Å². The van der Waals surface area contributed by atoms with Crippen molar-refractivity contribution < 1.29 is 9.26 Å². The van der Waals surface area contributed by atoms with Gasteiger partial charge in [-0.05, 0) is 44.2 Å². The van der Waals surface area contributed by atoms with Crippen molar-refractivity contribution in [3.63, 3.8) is 0 Å². The molecule has 2 aromatic heterocycles. The summed E-state index contributed by atoms with van der Waals surface area (Å²) in [5, 5.41) is 7.97. The van der Waals surface area contributed by atoms with E-state index in [0.29, 0.717) is 10.9 Å². The van der Waals surface area contributed by atoms with Crippen molar-refractivity contribution >= 4 is 23.0 Å². The first kappa shape index (κ1) is 15.4. The van der Waals surface area contributed by atoms with E-state index in [9.17, 15) is 0 Å². The minimum atomic E-state index is 0.510. The number of nitrogens with zero attached hydrogens (tertiary/aromatic N) is 2. The van der Waals surface area contributed by atoms with Crippen LogP contribution in [-0.2, 0) is 0 Å². The fraction of sp³-hybridized carbons (Fsp3) is 0.176. The smallest absolute Gasteiger partial charge is 0.237 e. The van der Waals surface area contributed by atoms with Crippen molar-refractivity contribution in [3.8, 4) is 17.0 Å². The van der Waals surface area contributed by atoms with Crippen molar-refractivity contribution in [1.82, 2.24) is 10.1 Å². The summed E-state index contributed by atoms with van der Waals surface area (Å²) < 4.78 is 10.6. The Morgan fingerprint density at radius 1 is 1.17 bits per heavy atom. The summed E-state index contributed by atoms with van der Waals surface area (Å²) in [6, 6.07) is 9.39. The maximum Gasteiger partial charge on any atom is 0.237 e. The quantitative estimate of drug-likeness (QED) is 0.747. The van der Waals surface area contributed by atoms with Gasteiger partial charge in [0.15, 0.2) is 0 Å². The highest BCUT2D eigenvalue weighted by molar-refractivity contribution is 6.30. The molecule has 0 bridgehead atoms. The highest BCUT2D eigenvalue weighted by Gasteiger charge is 2.15. The summed E-state index contributed by atoms with van der Waals surface area (Å²) in [7, 11) is 1.59. The molecule has 2 heterocycles. The van der Waals surface area contributed by atoms with Crippen molar-refractivity contribution in [1.29, 1.82) is 0 Å². The first-order valence-electron chi connectivity index (χ1n) is 7.08. The molecule has 1 aromatic carbocycles. The Labute approximate surface area is 139 Å². The maximum atomic E-state index is 5.92. The zero-order valence-electron chi connectivity index (χ0n) is 13.1. The second-order valence-corrected chi connectivity index (χ2v) is 5.55. The molecule has 23 heavy (non-hydrogen) atoms. The number of hydrogen-bond donors (Lipinski definition) is 1. The fourth-order valence-electron chi connectivity index (χ4n) is 2.42. The number of aryl methyl sites for hydroxylation is 2. The van der Waals surface area contributed by atoms with Crippen LogP contribution in [0.3, 0.4) is 0 Å². The Hall–Kier alpha value is -2.53. The number of pyridine rings is 1. The van der Waals surface area contributed by atoms with Crippen LogP contribution in [0, 0.1) is 13.8 Å². The summed E-state index contributed by atoms with van der Waals surface area (Å²) >= 11 is 5.92. The number of rotatable bonds is 4. The van der Waals surface area contributed by atoms with Gasteiger partial charge in [0, 0.05) is 28.0 Å². The first-order chi connectivity index (χ1) is 11.1. The van der Waals surface area contributed by atoms with Crippen molar-refractivity contribution in [2.45, 2.75) is 13.8 Å². The van der Waals surface area contributed by atoms with Crippen LogP contribution in [0.2, 0.25) is 5.02 Å². The minimum absolute atomic E-state index is 0.510. The monoisotopic (exact) mass is 329 g/mol. The summed E-state index contributed by atoms with van der Waals surface area (Å²) in [4.78, 5) is 4.37. The molecule has 0 fully saturated rings. The molecule has 3 aromatic rings. The van der Waals surface area contributed by atoms with E-state index >= 15 is 0 Å². The molecule has 3 rings (SSSR count). The second-order valence-electron chi connectivity index (χ2n) is 5.11. The molecule has 0 aliphatic heterocycles. The lowest BCUT2D eigenvalue weighted by atomic mass is 10.1. The molecule has 0 atom stereocenters. The van der Waals surface area contributed by atoms with Gasteiger partial charge >= 0.3 is 0 Å². The molecule has 0 amide bonds. The van der Waals surface area contributed by atoms with Gasteiger partial charge < -0.3 is 14.6 Å². The third-order valence-electron chi connectivity index (χ3n) is 3.49. The Morgan fingerprint density at radius 2 is 1.91 bits per heavy atom. The fourth-order valence-corrected chi connectivity index (χ4v) is 2.55. The molecule has 0 saturated carbocycles. The van der Waals surface area contributed by atoms with E-state index in [1.165, 1.54) is 0 Å². The lowest BCUT2D eigenvalue weighted by Crippen LogP contribution is -1.98. The summed E-state index contributed by atoms with van der Waals surface area (Å²) in [5.41, 5.74) is 4.34. The molecule has 6 heteroatoms. The predicted molar refractivity (Wildman–Crippen MR) is 90.5 cm³/mol. The number of methoxy groups -OCH3 is 1. The molecule has 0 radical (unpaired) electrons. The number of halogens is 1. The van der Waals surface area contributed by atoms with Crippen LogP contribution in [0.4, 0.5) is 11.4 Å². The van der Waals surface area contributed by atoms with E-state index in [1.54, 1.807) is 13.3 Å². The van der Waals surface area contributed by atoms with Gasteiger partial charge in [-0.25, -0.2) is 4.98 Å². The van der Waals surface area contributed by atoms with Gasteiger partial charge in [0.1, 0.15) is 11.4 Å². The summed E-state index contributed by atoms with van der Waals surface area (Å²) in [6.07, 6.45) is 1.75. The van der Waals surface area contributed by atoms with Gasteiger partial charge in [-0.2, -0.15) is 0 Å². The number of ether oxygens (including phenoxy) is 1. The normalized spacial score (nSPS) is 10.6. The first-order valence-corrected chi connectivity index (χ1v) is 7.46. The van der Waals surface area contributed by atoms with Gasteiger partial charge in [-0.3, -0.25) is 0 Å². The van der Waals surface area contributed by atoms with E-state index in [1.807, 2.05) is 44.2 Å². The minimum Gasteiger partial charge on any atom is -0.480 e. The van der Waals surface area contributed by atoms with Crippen LogP contribution in [-0.4, -0.2) is 17.3 Å². The Kier molecular flexibility index (Phi) is 4.21. The van der Waals surface area contributed by atoms with E-state index in [-0.39, 0.29) is 0 Å². The molecular formula is C17H16ClN3O2. The predicted octanol–water partition coefficient (Wildman–Crippen LogP) is 4.76. The Bertz CT molecular complexity index is 809. The highest BCUT2D eigenvalue weighted by atomic mass is 35.5. The SMILES string of the molecule is COc1ncc(-c2c(C)noc2C)cc1Nc1ccc(Cl)cc1. The van der Waals surface area contributed by atoms with Crippen LogP contribution in [0.1, 0.15) is 11.5 Å². The molecule has 118 valence electrons. The third kappa shape index (κ3) is 3.14. The molecule has 0 spiro atoms. The van der Waals surface area contributed by atoms with Crippen LogP contribution in [0.5, 0.6) is 5.88 Å². The number of benzene rings is 1. The van der Waals surface area contributed by atoms with E-state index in [0.717, 1.165) is 34.0 Å². The standard InChI is InChI=1S/C17H16ClN3O2/c1-10-16(11(2)23-21-10)12-8-15(17(22-3)19-9-12)20-14-6-4-13(18)5-7-14/h4-9,20H,1-3H3. The Balaban J connectivity index is 2.01. The number of aromatic nitrogens is 2. The van der Waals surface area contributed by atoms with E-state index < -0.39 is 0 Å². The molecule has 5 nitrogen and oxygen atoms in total. The summed E-state index contributed by atoms with van der Waals surface area (Å²) in [6.45, 7) is 3.79. The number of anilines is 2. The Morgan fingerprint density at radius 3 is 2.52 bits per heavy atom. The van der Waals surface area contributed by atoms with Crippen molar-refractivity contribution in [2.24, 2.45) is 0 Å². The summed E-state index contributed by atoms with van der Waals surface area (Å²) in [5.74, 6) is 1.27. The van der Waals surface area contributed by atoms with Gasteiger partial charge in [0.05, 0.1) is 12.8 Å². The second kappa shape index (κ2) is 6.30. The van der Waals surface area contributed by atoms with Crippen LogP contribution < -0.4 is 10.1 Å².